The van der Waals surface area contributed by atoms with Crippen molar-refractivity contribution in [1.82, 2.24) is 10.6 Å². The first-order valence-corrected chi connectivity index (χ1v) is 6.16. The number of nitrogens with one attached hydrogen (secondary N) is 2. The molecule has 6 heteroatoms. The third kappa shape index (κ3) is 8.27. The summed E-state index contributed by atoms with van der Waals surface area (Å²) in [7, 11) is 0. The van der Waals surface area contributed by atoms with Crippen LogP contribution in [0.15, 0.2) is 0 Å². The summed E-state index contributed by atoms with van der Waals surface area (Å²) in [6.45, 7) is 7.95. The molecule has 0 spiro atoms. The van der Waals surface area contributed by atoms with Gasteiger partial charge in [0.1, 0.15) is 5.60 Å². The van der Waals surface area contributed by atoms with Crippen molar-refractivity contribution in [3.63, 3.8) is 0 Å². The number of aliphatic hydroxyl groups is 2. The summed E-state index contributed by atoms with van der Waals surface area (Å²) in [5.41, 5.74) is -1.17. The van der Waals surface area contributed by atoms with Crippen LogP contribution in [0.4, 0.5) is 4.79 Å². The molecule has 0 heterocycles. The van der Waals surface area contributed by atoms with E-state index in [0.717, 1.165) is 0 Å². The Kier molecular flexibility index (Phi) is 7.20. The molecular weight excluding hydrogens is 236 g/mol. The summed E-state index contributed by atoms with van der Waals surface area (Å²) in [5.74, 6) is 0. The Morgan fingerprint density at radius 3 is 2.11 bits per heavy atom. The van der Waals surface area contributed by atoms with Gasteiger partial charge < -0.3 is 25.6 Å². The first-order valence-electron chi connectivity index (χ1n) is 6.16. The number of carbonyl (C=O) groups excluding carboxylic acids is 1. The van der Waals surface area contributed by atoms with Crippen LogP contribution in [0.25, 0.3) is 0 Å². The number of ether oxygens (including phenoxy) is 1. The van der Waals surface area contributed by atoms with E-state index in [1.807, 2.05) is 20.8 Å². The van der Waals surface area contributed by atoms with E-state index in [4.69, 9.17) is 14.9 Å². The standard InChI is InChI=1S/C12H26N2O4/c1-11(2,3)18-10(17)13-6-5-7-14-12(4,8-15)9-16/h14-16H,5-9H2,1-4H3,(H,13,17). The fraction of sp³-hybridized carbons (Fsp3) is 0.917. The summed E-state index contributed by atoms with van der Waals surface area (Å²) >= 11 is 0. The smallest absolute Gasteiger partial charge is 0.407 e. The fourth-order valence-corrected chi connectivity index (χ4v) is 1.14. The van der Waals surface area contributed by atoms with E-state index in [-0.39, 0.29) is 13.2 Å². The Balaban J connectivity index is 3.66. The SMILES string of the molecule is CC(CO)(CO)NCCCNC(=O)OC(C)(C)C. The van der Waals surface area contributed by atoms with Gasteiger partial charge in [-0.25, -0.2) is 4.79 Å². The third-order valence-corrected chi connectivity index (χ3v) is 2.27. The van der Waals surface area contributed by atoms with Gasteiger partial charge in [-0.2, -0.15) is 0 Å². The number of rotatable bonds is 7. The van der Waals surface area contributed by atoms with Gasteiger partial charge in [-0.05, 0) is 40.7 Å². The van der Waals surface area contributed by atoms with Gasteiger partial charge in [0.05, 0.1) is 18.8 Å². The highest BCUT2D eigenvalue weighted by Gasteiger charge is 2.20. The molecule has 0 bridgehead atoms. The van der Waals surface area contributed by atoms with Gasteiger partial charge in [-0.15, -0.1) is 0 Å². The molecule has 4 N–H and O–H groups in total. The van der Waals surface area contributed by atoms with Crippen LogP contribution in [-0.2, 0) is 4.74 Å². The lowest BCUT2D eigenvalue weighted by atomic mass is 10.1. The maximum Gasteiger partial charge on any atom is 0.407 e. The molecule has 1 amide bonds. The van der Waals surface area contributed by atoms with E-state index in [1.165, 1.54) is 0 Å². The predicted octanol–water partition coefficient (Wildman–Crippen LogP) is 0.234. The second-order valence-corrected chi connectivity index (χ2v) is 5.59. The summed E-state index contributed by atoms with van der Waals surface area (Å²) in [4.78, 5) is 11.3. The van der Waals surface area contributed by atoms with Crippen LogP contribution in [0, 0.1) is 0 Å². The molecule has 0 aliphatic carbocycles. The minimum atomic E-state index is -0.675. The summed E-state index contributed by atoms with van der Waals surface area (Å²) in [5, 5.41) is 23.8. The van der Waals surface area contributed by atoms with Crippen LogP contribution < -0.4 is 10.6 Å². The molecule has 0 aromatic rings. The average molecular weight is 262 g/mol. The lowest BCUT2D eigenvalue weighted by molar-refractivity contribution is 0.0525. The normalized spacial score (nSPS) is 12.3. The zero-order valence-electron chi connectivity index (χ0n) is 11.7. The summed E-state index contributed by atoms with van der Waals surface area (Å²) in [6, 6.07) is 0. The van der Waals surface area contributed by atoms with Crippen molar-refractivity contribution < 1.29 is 19.7 Å². The quantitative estimate of drug-likeness (QED) is 0.493. The van der Waals surface area contributed by atoms with E-state index in [1.54, 1.807) is 6.92 Å². The van der Waals surface area contributed by atoms with Gasteiger partial charge in [0.25, 0.3) is 0 Å². The van der Waals surface area contributed by atoms with Crippen molar-refractivity contribution >= 4 is 6.09 Å². The maximum atomic E-state index is 11.3. The monoisotopic (exact) mass is 262 g/mol. The largest absolute Gasteiger partial charge is 0.444 e. The van der Waals surface area contributed by atoms with Crippen LogP contribution in [-0.4, -0.2) is 53.7 Å². The molecule has 6 nitrogen and oxygen atoms in total. The van der Waals surface area contributed by atoms with Crippen LogP contribution in [0.2, 0.25) is 0 Å². The molecule has 0 aromatic heterocycles. The lowest BCUT2D eigenvalue weighted by Gasteiger charge is -2.26. The van der Waals surface area contributed by atoms with Gasteiger partial charge in [-0.3, -0.25) is 0 Å². The zero-order chi connectivity index (χ0) is 14.2. The molecular formula is C12H26N2O4. The van der Waals surface area contributed by atoms with E-state index in [0.29, 0.717) is 19.5 Å². The first-order chi connectivity index (χ1) is 8.22. The summed E-state index contributed by atoms with van der Waals surface area (Å²) < 4.78 is 5.08. The summed E-state index contributed by atoms with van der Waals surface area (Å²) in [6.07, 6.45) is 0.254. The van der Waals surface area contributed by atoms with Crippen molar-refractivity contribution in [1.29, 1.82) is 0 Å². The second-order valence-electron chi connectivity index (χ2n) is 5.59. The molecule has 0 saturated carbocycles. The molecule has 0 aromatic carbocycles. The number of aliphatic hydroxyl groups excluding tert-OH is 2. The van der Waals surface area contributed by atoms with E-state index >= 15 is 0 Å². The Labute approximate surface area is 109 Å². The van der Waals surface area contributed by atoms with Gasteiger partial charge in [0, 0.05) is 6.54 Å². The molecule has 0 saturated heterocycles. The Morgan fingerprint density at radius 1 is 1.11 bits per heavy atom. The first kappa shape index (κ1) is 17.2. The van der Waals surface area contributed by atoms with Crippen LogP contribution in [0.5, 0.6) is 0 Å². The van der Waals surface area contributed by atoms with Crippen molar-refractivity contribution in [3.8, 4) is 0 Å². The van der Waals surface area contributed by atoms with E-state index < -0.39 is 17.2 Å². The topological polar surface area (TPSA) is 90.8 Å². The molecule has 0 aliphatic heterocycles. The van der Waals surface area contributed by atoms with Crippen molar-refractivity contribution in [2.75, 3.05) is 26.3 Å². The highest BCUT2D eigenvalue weighted by molar-refractivity contribution is 5.67. The number of amides is 1. The Bertz CT molecular complexity index is 247. The van der Waals surface area contributed by atoms with Gasteiger partial charge in [0.15, 0.2) is 0 Å². The second kappa shape index (κ2) is 7.56. The van der Waals surface area contributed by atoms with Crippen LogP contribution in [0.1, 0.15) is 34.1 Å². The highest BCUT2D eigenvalue weighted by Crippen LogP contribution is 2.06. The number of alkyl carbamates (subject to hydrolysis) is 1. The van der Waals surface area contributed by atoms with E-state index in [2.05, 4.69) is 10.6 Å². The molecule has 108 valence electrons. The predicted molar refractivity (Wildman–Crippen MR) is 69.4 cm³/mol. The number of hydrogen-bond acceptors (Lipinski definition) is 5. The lowest BCUT2D eigenvalue weighted by Crippen LogP contribution is -2.49. The Morgan fingerprint density at radius 2 is 1.67 bits per heavy atom. The molecule has 0 radical (unpaired) electrons. The minimum Gasteiger partial charge on any atom is -0.444 e. The minimum absolute atomic E-state index is 0.136. The van der Waals surface area contributed by atoms with Crippen LogP contribution >= 0.6 is 0 Å². The molecule has 0 rings (SSSR count). The molecule has 0 aliphatic rings. The van der Waals surface area contributed by atoms with Crippen LogP contribution in [0.3, 0.4) is 0 Å². The number of carbonyl (C=O) groups is 1. The fourth-order valence-electron chi connectivity index (χ4n) is 1.14. The molecule has 18 heavy (non-hydrogen) atoms. The van der Waals surface area contributed by atoms with Crippen molar-refractivity contribution in [3.05, 3.63) is 0 Å². The number of hydrogen-bond donors (Lipinski definition) is 4. The zero-order valence-corrected chi connectivity index (χ0v) is 11.7. The average Bonchev–Trinajstić information content (AvgIpc) is 2.26. The van der Waals surface area contributed by atoms with E-state index in [9.17, 15) is 4.79 Å². The highest BCUT2D eigenvalue weighted by atomic mass is 16.6. The van der Waals surface area contributed by atoms with Gasteiger partial charge >= 0.3 is 6.09 Å². The van der Waals surface area contributed by atoms with Crippen molar-refractivity contribution in [2.45, 2.75) is 45.3 Å². The molecule has 0 fully saturated rings. The van der Waals surface area contributed by atoms with Gasteiger partial charge in [-0.1, -0.05) is 0 Å². The molecule has 0 unspecified atom stereocenters. The maximum absolute atomic E-state index is 11.3. The third-order valence-electron chi connectivity index (χ3n) is 2.27. The van der Waals surface area contributed by atoms with Crippen molar-refractivity contribution in [2.24, 2.45) is 0 Å². The molecule has 0 atom stereocenters. The Hall–Kier alpha value is -0.850. The van der Waals surface area contributed by atoms with Gasteiger partial charge in [0.2, 0.25) is 0 Å².